The van der Waals surface area contributed by atoms with Crippen molar-refractivity contribution in [1.29, 1.82) is 0 Å². The van der Waals surface area contributed by atoms with Crippen molar-refractivity contribution in [3.63, 3.8) is 0 Å². The maximum absolute atomic E-state index is 13.6. The summed E-state index contributed by atoms with van der Waals surface area (Å²) in [5.41, 5.74) is 0.641. The molecule has 12 heteroatoms. The molecule has 0 atom stereocenters. The largest absolute Gasteiger partial charge is 0.494 e. The molecule has 0 unspecified atom stereocenters. The van der Waals surface area contributed by atoms with Gasteiger partial charge in [0.15, 0.2) is 5.13 Å². The Hall–Kier alpha value is -2.50. The number of morpholine rings is 1. The minimum Gasteiger partial charge on any atom is -0.494 e. The summed E-state index contributed by atoms with van der Waals surface area (Å²) in [5.74, 6) is 0.317. The average molecular weight is 541 g/mol. The molecule has 0 bridgehead atoms. The molecule has 188 valence electrons. The van der Waals surface area contributed by atoms with E-state index in [1.807, 2.05) is 25.1 Å². The summed E-state index contributed by atoms with van der Waals surface area (Å²) >= 11 is 7.67. The SMILES string of the molecule is CCOc1ccc2nc(N(CCCN3CCOCC3)C(=O)c3cc([N+](=O)[O-])ccc3Cl)sc2c1.Cl. The lowest BCUT2D eigenvalue weighted by atomic mass is 10.1. The fourth-order valence-electron chi connectivity index (χ4n) is 3.76. The van der Waals surface area contributed by atoms with E-state index in [0.29, 0.717) is 37.9 Å². The number of nitro benzene ring substituents is 1. The van der Waals surface area contributed by atoms with Gasteiger partial charge in [0.2, 0.25) is 0 Å². The van der Waals surface area contributed by atoms with Gasteiger partial charge in [-0.1, -0.05) is 22.9 Å². The molecule has 1 aliphatic rings. The first-order valence-electron chi connectivity index (χ1n) is 11.1. The molecule has 0 spiro atoms. The van der Waals surface area contributed by atoms with Crippen LogP contribution in [0.25, 0.3) is 10.2 Å². The molecule has 1 saturated heterocycles. The second-order valence-electron chi connectivity index (χ2n) is 7.74. The number of ether oxygens (including phenoxy) is 2. The summed E-state index contributed by atoms with van der Waals surface area (Å²) < 4.78 is 11.9. The van der Waals surface area contributed by atoms with Gasteiger partial charge in [0, 0.05) is 38.3 Å². The number of anilines is 1. The normalized spacial score (nSPS) is 13.9. The number of aromatic nitrogens is 1. The molecule has 0 aliphatic carbocycles. The summed E-state index contributed by atoms with van der Waals surface area (Å²) in [4.78, 5) is 32.9. The molecule has 3 aromatic rings. The van der Waals surface area contributed by atoms with Crippen molar-refractivity contribution in [1.82, 2.24) is 9.88 Å². The standard InChI is InChI=1S/C23H25ClN4O5S.ClH/c1-2-33-17-5-7-20-21(15-17)34-23(25-20)27(9-3-8-26-10-12-32-13-11-26)22(29)18-14-16(28(30)31)4-6-19(18)24;/h4-7,14-15H,2-3,8-13H2,1H3;1H. The van der Waals surface area contributed by atoms with Gasteiger partial charge in [0.05, 0.1) is 45.5 Å². The highest BCUT2D eigenvalue weighted by atomic mass is 35.5. The van der Waals surface area contributed by atoms with Crippen LogP contribution in [0.4, 0.5) is 10.8 Å². The molecule has 1 fully saturated rings. The Morgan fingerprint density at radius 3 is 2.77 bits per heavy atom. The van der Waals surface area contributed by atoms with Crippen LogP contribution in [0.5, 0.6) is 5.75 Å². The van der Waals surface area contributed by atoms with Crippen LogP contribution in [0, 0.1) is 10.1 Å². The number of halogens is 2. The number of carbonyl (C=O) groups is 1. The number of nitrogens with zero attached hydrogens (tertiary/aromatic N) is 4. The Morgan fingerprint density at radius 2 is 2.06 bits per heavy atom. The number of hydrogen-bond acceptors (Lipinski definition) is 8. The van der Waals surface area contributed by atoms with E-state index in [-0.39, 0.29) is 28.7 Å². The van der Waals surface area contributed by atoms with Crippen molar-refractivity contribution >= 4 is 62.3 Å². The monoisotopic (exact) mass is 540 g/mol. The van der Waals surface area contributed by atoms with E-state index in [4.69, 9.17) is 21.1 Å². The van der Waals surface area contributed by atoms with Crippen LogP contribution in [-0.4, -0.2) is 66.7 Å². The Bertz CT molecular complexity index is 1190. The number of benzene rings is 2. The summed E-state index contributed by atoms with van der Waals surface area (Å²) in [6, 6.07) is 9.49. The Labute approximate surface area is 218 Å². The van der Waals surface area contributed by atoms with Gasteiger partial charge in [0.1, 0.15) is 5.75 Å². The van der Waals surface area contributed by atoms with Crippen molar-refractivity contribution in [2.24, 2.45) is 0 Å². The van der Waals surface area contributed by atoms with Crippen LogP contribution in [-0.2, 0) is 4.74 Å². The van der Waals surface area contributed by atoms with Gasteiger partial charge in [-0.2, -0.15) is 0 Å². The third-order valence-corrected chi connectivity index (χ3v) is 6.86. The Morgan fingerprint density at radius 1 is 1.29 bits per heavy atom. The number of fused-ring (bicyclic) bond motifs is 1. The molecule has 0 N–H and O–H groups in total. The quantitative estimate of drug-likeness (QED) is 0.276. The van der Waals surface area contributed by atoms with Crippen LogP contribution in [0.3, 0.4) is 0 Å². The maximum Gasteiger partial charge on any atom is 0.270 e. The molecule has 35 heavy (non-hydrogen) atoms. The molecule has 1 amide bonds. The van der Waals surface area contributed by atoms with E-state index in [9.17, 15) is 14.9 Å². The number of thiazole rings is 1. The van der Waals surface area contributed by atoms with Crippen molar-refractivity contribution in [3.8, 4) is 5.75 Å². The first-order valence-corrected chi connectivity index (χ1v) is 12.2. The summed E-state index contributed by atoms with van der Waals surface area (Å²) in [6.45, 7) is 6.77. The van der Waals surface area contributed by atoms with Crippen LogP contribution >= 0.6 is 35.3 Å². The fraction of sp³-hybridized carbons (Fsp3) is 0.391. The first kappa shape index (κ1) is 27.1. The lowest BCUT2D eigenvalue weighted by molar-refractivity contribution is -0.384. The highest BCUT2D eigenvalue weighted by molar-refractivity contribution is 7.22. The molecule has 0 saturated carbocycles. The van der Waals surface area contributed by atoms with Crippen LogP contribution in [0.1, 0.15) is 23.7 Å². The van der Waals surface area contributed by atoms with E-state index >= 15 is 0 Å². The summed E-state index contributed by atoms with van der Waals surface area (Å²) in [7, 11) is 0. The van der Waals surface area contributed by atoms with Crippen molar-refractivity contribution in [2.45, 2.75) is 13.3 Å². The van der Waals surface area contributed by atoms with Crippen molar-refractivity contribution in [3.05, 3.63) is 57.1 Å². The second kappa shape index (κ2) is 12.5. The van der Waals surface area contributed by atoms with Crippen LogP contribution < -0.4 is 9.64 Å². The van der Waals surface area contributed by atoms with Crippen molar-refractivity contribution in [2.75, 3.05) is 50.9 Å². The topological polar surface area (TPSA) is 98.0 Å². The molecule has 0 radical (unpaired) electrons. The minimum atomic E-state index is -0.539. The zero-order valence-corrected chi connectivity index (χ0v) is 21.5. The van der Waals surface area contributed by atoms with Crippen LogP contribution in [0.2, 0.25) is 5.02 Å². The van der Waals surface area contributed by atoms with Gasteiger partial charge < -0.3 is 9.47 Å². The van der Waals surface area contributed by atoms with Gasteiger partial charge in [-0.3, -0.25) is 24.7 Å². The third-order valence-electron chi connectivity index (χ3n) is 5.49. The molecule has 4 rings (SSSR count). The Kier molecular flexibility index (Phi) is 9.64. The molecule has 2 heterocycles. The van der Waals surface area contributed by atoms with Gasteiger partial charge in [0.25, 0.3) is 11.6 Å². The lowest BCUT2D eigenvalue weighted by Crippen LogP contribution is -2.39. The number of hydrogen-bond donors (Lipinski definition) is 0. The molecule has 2 aromatic carbocycles. The molecule has 9 nitrogen and oxygen atoms in total. The molecular formula is C23H26Cl2N4O5S. The number of rotatable bonds is 9. The van der Waals surface area contributed by atoms with E-state index in [0.717, 1.165) is 35.6 Å². The maximum atomic E-state index is 13.6. The van der Waals surface area contributed by atoms with Gasteiger partial charge in [-0.05, 0) is 37.6 Å². The molecule has 1 aromatic heterocycles. The highest BCUT2D eigenvalue weighted by Crippen LogP contribution is 2.33. The van der Waals surface area contributed by atoms with Crippen LogP contribution in [0.15, 0.2) is 36.4 Å². The minimum absolute atomic E-state index is 0. The predicted octanol–water partition coefficient (Wildman–Crippen LogP) is 5.05. The van der Waals surface area contributed by atoms with Gasteiger partial charge in [-0.15, -0.1) is 12.4 Å². The highest BCUT2D eigenvalue weighted by Gasteiger charge is 2.25. The smallest absolute Gasteiger partial charge is 0.270 e. The number of non-ortho nitro benzene ring substituents is 1. The fourth-order valence-corrected chi connectivity index (χ4v) is 4.98. The van der Waals surface area contributed by atoms with E-state index < -0.39 is 10.8 Å². The summed E-state index contributed by atoms with van der Waals surface area (Å²) in [6.07, 6.45) is 0.707. The van der Waals surface area contributed by atoms with Crippen molar-refractivity contribution < 1.29 is 19.2 Å². The summed E-state index contributed by atoms with van der Waals surface area (Å²) in [5, 5.41) is 11.9. The molecule has 1 aliphatic heterocycles. The molecular weight excluding hydrogens is 515 g/mol. The number of amides is 1. The van der Waals surface area contributed by atoms with Gasteiger partial charge >= 0.3 is 0 Å². The number of nitro groups is 1. The van der Waals surface area contributed by atoms with Gasteiger partial charge in [-0.25, -0.2) is 4.98 Å². The van der Waals surface area contributed by atoms with E-state index in [1.54, 1.807) is 4.90 Å². The Balaban J connectivity index is 0.00000342. The second-order valence-corrected chi connectivity index (χ2v) is 9.16. The number of carbonyl (C=O) groups excluding carboxylic acids is 1. The zero-order valence-electron chi connectivity index (χ0n) is 19.1. The lowest BCUT2D eigenvalue weighted by Gasteiger charge is -2.27. The van der Waals surface area contributed by atoms with E-state index in [2.05, 4.69) is 9.88 Å². The first-order chi connectivity index (χ1) is 16.5. The average Bonchev–Trinajstić information content (AvgIpc) is 3.25. The predicted molar refractivity (Wildman–Crippen MR) is 140 cm³/mol. The van der Waals surface area contributed by atoms with E-state index in [1.165, 1.54) is 29.5 Å². The zero-order chi connectivity index (χ0) is 24.1. The third kappa shape index (κ3) is 6.59.